The molecule has 11 heteroatoms. The molecule has 0 N–H and O–H groups in total. The summed E-state index contributed by atoms with van der Waals surface area (Å²) in [6, 6.07) is 12.9. The molecule has 1 aliphatic heterocycles. The molecule has 1 unspecified atom stereocenters. The third-order valence-corrected chi connectivity index (χ3v) is 10.8. The van der Waals surface area contributed by atoms with Gasteiger partial charge in [0.15, 0.2) is 5.13 Å². The second-order valence-electron chi connectivity index (χ2n) is 8.93. The van der Waals surface area contributed by atoms with E-state index in [0.717, 1.165) is 38.4 Å². The number of carbonyl (C=O) groups is 1. The highest BCUT2D eigenvalue weighted by atomic mass is 35.5. The van der Waals surface area contributed by atoms with Crippen LogP contribution in [0.25, 0.3) is 10.2 Å². The number of rotatable bonds is 6. The molecule has 1 saturated heterocycles. The average molecular weight is 561 g/mol. The first-order chi connectivity index (χ1) is 17.2. The number of hydrogen-bond donors (Lipinski definition) is 0. The van der Waals surface area contributed by atoms with Gasteiger partial charge in [-0.05, 0) is 68.1 Å². The molecule has 1 aromatic carbocycles. The second kappa shape index (κ2) is 10.2. The van der Waals surface area contributed by atoms with E-state index in [1.165, 1.54) is 21.7 Å². The van der Waals surface area contributed by atoms with Crippen molar-refractivity contribution in [3.63, 3.8) is 0 Å². The van der Waals surface area contributed by atoms with Crippen molar-refractivity contribution in [2.45, 2.75) is 37.4 Å². The monoisotopic (exact) mass is 560 g/mol. The number of fused-ring (bicyclic) bond motifs is 1. The van der Waals surface area contributed by atoms with Crippen LogP contribution in [0, 0.1) is 19.8 Å². The molecule has 0 aliphatic carbocycles. The van der Waals surface area contributed by atoms with Crippen LogP contribution in [0.2, 0.25) is 4.34 Å². The number of nitrogens with zero attached hydrogens (tertiary/aromatic N) is 4. The van der Waals surface area contributed by atoms with Crippen LogP contribution in [0.5, 0.6) is 0 Å². The fourth-order valence-corrected chi connectivity index (χ4v) is 8.82. The Hall–Kier alpha value is -2.37. The molecule has 0 bridgehead atoms. The lowest BCUT2D eigenvalue weighted by molar-refractivity contribution is -0.123. The van der Waals surface area contributed by atoms with Gasteiger partial charge in [-0.3, -0.25) is 14.7 Å². The molecule has 1 amide bonds. The molecule has 3 aromatic heterocycles. The maximum absolute atomic E-state index is 14.0. The number of carbonyl (C=O) groups excluding carboxylic acids is 1. The number of hydrogen-bond acceptors (Lipinski definition) is 7. The van der Waals surface area contributed by atoms with Crippen molar-refractivity contribution in [1.29, 1.82) is 0 Å². The Morgan fingerprint density at radius 2 is 2.03 bits per heavy atom. The van der Waals surface area contributed by atoms with Gasteiger partial charge in [0.05, 0.1) is 32.7 Å². The van der Waals surface area contributed by atoms with Gasteiger partial charge in [-0.1, -0.05) is 35.1 Å². The molecule has 0 radical (unpaired) electrons. The first-order valence-corrected chi connectivity index (χ1v) is 15.0. The Kier molecular flexibility index (Phi) is 7.15. The number of aromatic nitrogens is 2. The molecule has 0 spiro atoms. The van der Waals surface area contributed by atoms with Crippen molar-refractivity contribution in [2.75, 3.05) is 18.0 Å². The van der Waals surface area contributed by atoms with Crippen LogP contribution in [0.15, 0.2) is 52.9 Å². The van der Waals surface area contributed by atoms with Gasteiger partial charge in [0.2, 0.25) is 5.91 Å². The summed E-state index contributed by atoms with van der Waals surface area (Å²) < 4.78 is 29.5. The lowest BCUT2D eigenvalue weighted by atomic mass is 9.98. The summed E-state index contributed by atoms with van der Waals surface area (Å²) in [5, 5.41) is 0.597. The number of halogens is 1. The second-order valence-corrected chi connectivity index (χ2v) is 13.8. The molecular weight excluding hydrogens is 536 g/mol. The Morgan fingerprint density at radius 1 is 1.19 bits per heavy atom. The number of anilines is 1. The van der Waals surface area contributed by atoms with Crippen LogP contribution in [-0.2, 0) is 21.4 Å². The van der Waals surface area contributed by atoms with Crippen molar-refractivity contribution in [1.82, 2.24) is 14.3 Å². The topological polar surface area (TPSA) is 83.5 Å². The van der Waals surface area contributed by atoms with E-state index < -0.39 is 15.9 Å². The first-order valence-electron chi connectivity index (χ1n) is 11.6. The van der Waals surface area contributed by atoms with Gasteiger partial charge in [0.25, 0.3) is 10.0 Å². The standard InChI is InChI=1S/C25H25ClN4O3S3/c1-16-12-17(2)23-20(13-16)34-25(28-23)30(15-19-7-3-4-10-27-19)24(31)18-6-5-11-29(14-18)36(32,33)22-9-8-21(26)35-22/h3-4,7-10,12-13,18H,5-6,11,14-15H2,1-2H3. The number of amides is 1. The van der Waals surface area contributed by atoms with Crippen LogP contribution in [0.3, 0.4) is 0 Å². The number of piperidine rings is 1. The van der Waals surface area contributed by atoms with Crippen molar-refractivity contribution in [2.24, 2.45) is 5.92 Å². The normalized spacial score (nSPS) is 16.9. The number of thiazole rings is 1. The van der Waals surface area contributed by atoms with E-state index in [1.807, 2.05) is 32.0 Å². The lowest BCUT2D eigenvalue weighted by Gasteiger charge is -2.33. The van der Waals surface area contributed by atoms with Gasteiger partial charge in [-0.15, -0.1) is 11.3 Å². The molecule has 1 aliphatic rings. The third kappa shape index (κ3) is 5.05. The molecule has 4 aromatic rings. The number of thiophene rings is 1. The van der Waals surface area contributed by atoms with Gasteiger partial charge in [0.1, 0.15) is 4.21 Å². The lowest BCUT2D eigenvalue weighted by Crippen LogP contribution is -2.46. The largest absolute Gasteiger partial charge is 0.282 e. The fourth-order valence-electron chi connectivity index (χ4n) is 4.51. The van der Waals surface area contributed by atoms with Gasteiger partial charge >= 0.3 is 0 Å². The van der Waals surface area contributed by atoms with Gasteiger partial charge in [-0.25, -0.2) is 13.4 Å². The molecule has 5 rings (SSSR count). The minimum atomic E-state index is -3.72. The number of sulfonamides is 1. The molecular formula is C25H25ClN4O3S3. The number of pyridine rings is 1. The molecule has 4 heterocycles. The maximum atomic E-state index is 14.0. The van der Waals surface area contributed by atoms with E-state index >= 15 is 0 Å². The fraction of sp³-hybridized carbons (Fsp3) is 0.320. The summed E-state index contributed by atoms with van der Waals surface area (Å²) >= 11 is 8.49. The quantitative estimate of drug-likeness (QED) is 0.304. The van der Waals surface area contributed by atoms with Gasteiger partial charge in [0, 0.05) is 19.3 Å². The highest BCUT2D eigenvalue weighted by Gasteiger charge is 2.37. The van der Waals surface area contributed by atoms with Crippen LogP contribution in [0.4, 0.5) is 5.13 Å². The van der Waals surface area contributed by atoms with Crippen molar-refractivity contribution < 1.29 is 13.2 Å². The Morgan fingerprint density at radius 3 is 2.75 bits per heavy atom. The number of aryl methyl sites for hydroxylation is 2. The highest BCUT2D eigenvalue weighted by Crippen LogP contribution is 2.35. The molecule has 7 nitrogen and oxygen atoms in total. The van der Waals surface area contributed by atoms with Crippen molar-refractivity contribution in [3.8, 4) is 0 Å². The first kappa shape index (κ1) is 25.3. The minimum absolute atomic E-state index is 0.123. The molecule has 1 atom stereocenters. The van der Waals surface area contributed by atoms with Gasteiger partial charge < -0.3 is 0 Å². The minimum Gasteiger partial charge on any atom is -0.282 e. The van der Waals surface area contributed by atoms with Crippen molar-refractivity contribution in [3.05, 3.63) is 69.8 Å². The average Bonchev–Trinajstić information content (AvgIpc) is 3.50. The van der Waals surface area contributed by atoms with E-state index in [0.29, 0.717) is 28.9 Å². The van der Waals surface area contributed by atoms with E-state index in [1.54, 1.807) is 17.2 Å². The summed E-state index contributed by atoms with van der Waals surface area (Å²) in [4.78, 5) is 24.9. The summed E-state index contributed by atoms with van der Waals surface area (Å²) in [6.07, 6.45) is 2.91. The summed E-state index contributed by atoms with van der Waals surface area (Å²) in [7, 11) is -3.72. The smallest absolute Gasteiger partial charge is 0.252 e. The van der Waals surface area contributed by atoms with Crippen LogP contribution < -0.4 is 4.90 Å². The Bertz CT molecular complexity index is 1520. The van der Waals surface area contributed by atoms with Crippen molar-refractivity contribution >= 4 is 65.6 Å². The van der Waals surface area contributed by atoms with Gasteiger partial charge in [-0.2, -0.15) is 4.31 Å². The molecule has 1 fully saturated rings. The van der Waals surface area contributed by atoms with Crippen LogP contribution >= 0.6 is 34.3 Å². The molecule has 188 valence electrons. The maximum Gasteiger partial charge on any atom is 0.252 e. The summed E-state index contributed by atoms with van der Waals surface area (Å²) in [5.74, 6) is -0.624. The Balaban J connectivity index is 1.47. The zero-order valence-electron chi connectivity index (χ0n) is 19.8. The number of benzene rings is 1. The van der Waals surface area contributed by atoms with E-state index in [-0.39, 0.29) is 23.2 Å². The Labute approximate surface area is 223 Å². The van der Waals surface area contributed by atoms with E-state index in [9.17, 15) is 13.2 Å². The summed E-state index contributed by atoms with van der Waals surface area (Å²) in [5.41, 5.74) is 3.82. The predicted octanol–water partition coefficient (Wildman–Crippen LogP) is 5.66. The highest BCUT2D eigenvalue weighted by molar-refractivity contribution is 7.91. The predicted molar refractivity (Wildman–Crippen MR) is 145 cm³/mol. The van der Waals surface area contributed by atoms with E-state index in [2.05, 4.69) is 17.1 Å². The zero-order chi connectivity index (χ0) is 25.4. The van der Waals surface area contributed by atoms with E-state index in [4.69, 9.17) is 16.6 Å². The van der Waals surface area contributed by atoms with Crippen LogP contribution in [-0.4, -0.2) is 41.7 Å². The third-order valence-electron chi connectivity index (χ3n) is 6.24. The zero-order valence-corrected chi connectivity index (χ0v) is 23.1. The summed E-state index contributed by atoms with van der Waals surface area (Å²) in [6.45, 7) is 4.83. The molecule has 36 heavy (non-hydrogen) atoms. The molecule has 0 saturated carbocycles. The van der Waals surface area contributed by atoms with Crippen LogP contribution in [0.1, 0.15) is 29.7 Å². The SMILES string of the molecule is Cc1cc(C)c2nc(N(Cc3ccccn3)C(=O)C3CCCN(S(=O)(=O)c4ccc(Cl)s4)C3)sc2c1.